The van der Waals surface area contributed by atoms with Crippen LogP contribution in [0.4, 0.5) is 5.69 Å². The molecule has 22 heavy (non-hydrogen) atoms. The predicted octanol–water partition coefficient (Wildman–Crippen LogP) is 5.91. The maximum atomic E-state index is 5.51. The van der Waals surface area contributed by atoms with E-state index in [1.54, 1.807) is 0 Å². The zero-order valence-corrected chi connectivity index (χ0v) is 16.7. The van der Waals surface area contributed by atoms with Crippen molar-refractivity contribution in [2.45, 2.75) is 13.5 Å². The average molecular weight is 488 g/mol. The van der Waals surface area contributed by atoms with Crippen LogP contribution in [-0.2, 0) is 6.54 Å². The summed E-state index contributed by atoms with van der Waals surface area (Å²) in [5.74, 6) is 3.19. The van der Waals surface area contributed by atoms with Crippen LogP contribution in [0.3, 0.4) is 0 Å². The lowest BCUT2D eigenvalue weighted by molar-refractivity contribution is 0.365. The SMILES string of the molecule is C#CCOc1c(Br)cc(CNc2ccc(Br)cc2C)cc1Br. The first-order chi connectivity index (χ1) is 10.5. The molecular weight excluding hydrogens is 474 g/mol. The van der Waals surface area contributed by atoms with Gasteiger partial charge in [-0.3, -0.25) is 0 Å². The van der Waals surface area contributed by atoms with Crippen LogP contribution in [0.2, 0.25) is 0 Å². The number of benzene rings is 2. The molecule has 0 aromatic heterocycles. The zero-order chi connectivity index (χ0) is 16.1. The second-order valence-corrected chi connectivity index (χ2v) is 7.32. The van der Waals surface area contributed by atoms with E-state index < -0.39 is 0 Å². The Balaban J connectivity index is 2.12. The summed E-state index contributed by atoms with van der Waals surface area (Å²) in [6.07, 6.45) is 5.22. The highest BCUT2D eigenvalue weighted by Gasteiger charge is 2.09. The number of nitrogens with one attached hydrogen (secondary N) is 1. The molecule has 0 saturated heterocycles. The van der Waals surface area contributed by atoms with Crippen LogP contribution in [0.15, 0.2) is 43.7 Å². The van der Waals surface area contributed by atoms with Gasteiger partial charge in [0.1, 0.15) is 12.4 Å². The molecule has 2 aromatic rings. The van der Waals surface area contributed by atoms with E-state index in [9.17, 15) is 0 Å². The van der Waals surface area contributed by atoms with Crippen LogP contribution in [-0.4, -0.2) is 6.61 Å². The fourth-order valence-corrected chi connectivity index (χ4v) is 3.97. The van der Waals surface area contributed by atoms with Crippen molar-refractivity contribution in [1.82, 2.24) is 0 Å². The van der Waals surface area contributed by atoms with Crippen molar-refractivity contribution >= 4 is 53.5 Å². The fourth-order valence-electron chi connectivity index (χ4n) is 1.99. The number of terminal acetylenes is 1. The summed E-state index contributed by atoms with van der Waals surface area (Å²) in [7, 11) is 0. The van der Waals surface area contributed by atoms with Gasteiger partial charge in [-0.25, -0.2) is 0 Å². The molecule has 0 atom stereocenters. The topological polar surface area (TPSA) is 21.3 Å². The summed E-state index contributed by atoms with van der Waals surface area (Å²) < 4.78 is 8.34. The number of aryl methyl sites for hydroxylation is 1. The fraction of sp³-hybridized carbons (Fsp3) is 0.176. The third-order valence-electron chi connectivity index (χ3n) is 3.03. The molecule has 0 amide bonds. The molecule has 0 spiro atoms. The van der Waals surface area contributed by atoms with Crippen LogP contribution in [0.25, 0.3) is 0 Å². The predicted molar refractivity (Wildman–Crippen MR) is 102 cm³/mol. The highest BCUT2D eigenvalue weighted by Crippen LogP contribution is 2.35. The van der Waals surface area contributed by atoms with Crippen molar-refractivity contribution < 1.29 is 4.74 Å². The smallest absolute Gasteiger partial charge is 0.149 e. The van der Waals surface area contributed by atoms with Gasteiger partial charge in [0.25, 0.3) is 0 Å². The van der Waals surface area contributed by atoms with Gasteiger partial charge in [0.2, 0.25) is 0 Å². The molecule has 0 aliphatic carbocycles. The minimum absolute atomic E-state index is 0.243. The average Bonchev–Trinajstić information content (AvgIpc) is 2.45. The molecule has 2 aromatic carbocycles. The second kappa shape index (κ2) is 8.05. The lowest BCUT2D eigenvalue weighted by Gasteiger charge is -2.13. The number of hydrogen-bond donors (Lipinski definition) is 1. The van der Waals surface area contributed by atoms with Gasteiger partial charge in [0.05, 0.1) is 8.95 Å². The van der Waals surface area contributed by atoms with E-state index in [-0.39, 0.29) is 6.61 Å². The van der Waals surface area contributed by atoms with E-state index in [1.165, 1.54) is 5.56 Å². The monoisotopic (exact) mass is 485 g/mol. The van der Waals surface area contributed by atoms with Crippen molar-refractivity contribution in [2.75, 3.05) is 11.9 Å². The third kappa shape index (κ3) is 4.52. The number of anilines is 1. The maximum absolute atomic E-state index is 5.51. The lowest BCUT2D eigenvalue weighted by Crippen LogP contribution is -2.02. The Kier molecular flexibility index (Phi) is 6.37. The Morgan fingerprint density at radius 3 is 2.41 bits per heavy atom. The summed E-state index contributed by atoms with van der Waals surface area (Å²) in [6.45, 7) is 3.04. The number of rotatable bonds is 5. The van der Waals surface area contributed by atoms with E-state index in [1.807, 2.05) is 18.2 Å². The Hall–Kier alpha value is -0.960. The first-order valence-electron chi connectivity index (χ1n) is 6.55. The normalized spacial score (nSPS) is 10.1. The van der Waals surface area contributed by atoms with Crippen LogP contribution in [0.1, 0.15) is 11.1 Å². The Labute approximate surface area is 156 Å². The molecule has 0 bridgehead atoms. The Bertz CT molecular complexity index is 699. The molecule has 0 aliphatic heterocycles. The molecule has 0 heterocycles. The molecule has 0 radical (unpaired) electrons. The van der Waals surface area contributed by atoms with Crippen LogP contribution < -0.4 is 10.1 Å². The molecular formula is C17H14Br3NO. The van der Waals surface area contributed by atoms with Crippen LogP contribution >= 0.6 is 47.8 Å². The minimum atomic E-state index is 0.243. The molecule has 0 aliphatic rings. The summed E-state index contributed by atoms with van der Waals surface area (Å²) in [5, 5.41) is 3.44. The van der Waals surface area contributed by atoms with E-state index in [4.69, 9.17) is 11.2 Å². The maximum Gasteiger partial charge on any atom is 0.149 e. The van der Waals surface area contributed by atoms with Gasteiger partial charge in [-0.05, 0) is 80.2 Å². The van der Waals surface area contributed by atoms with E-state index >= 15 is 0 Å². The second-order valence-electron chi connectivity index (χ2n) is 4.69. The molecule has 2 nitrogen and oxygen atoms in total. The van der Waals surface area contributed by atoms with Crippen molar-refractivity contribution in [1.29, 1.82) is 0 Å². The summed E-state index contributed by atoms with van der Waals surface area (Å²) in [5.41, 5.74) is 3.44. The van der Waals surface area contributed by atoms with Gasteiger partial charge in [0.15, 0.2) is 0 Å². The molecule has 5 heteroatoms. The number of hydrogen-bond acceptors (Lipinski definition) is 2. The van der Waals surface area contributed by atoms with Gasteiger partial charge >= 0.3 is 0 Å². The van der Waals surface area contributed by atoms with Crippen molar-refractivity contribution in [3.63, 3.8) is 0 Å². The first-order valence-corrected chi connectivity index (χ1v) is 8.93. The minimum Gasteiger partial charge on any atom is -0.479 e. The molecule has 0 fully saturated rings. The van der Waals surface area contributed by atoms with Crippen LogP contribution in [0.5, 0.6) is 5.75 Å². The number of ether oxygens (including phenoxy) is 1. The quantitative estimate of drug-likeness (QED) is 0.530. The van der Waals surface area contributed by atoms with E-state index in [2.05, 4.69) is 78.1 Å². The Morgan fingerprint density at radius 2 is 1.82 bits per heavy atom. The third-order valence-corrected chi connectivity index (χ3v) is 4.70. The van der Waals surface area contributed by atoms with Gasteiger partial charge in [-0.1, -0.05) is 21.9 Å². The molecule has 1 N–H and O–H groups in total. The summed E-state index contributed by atoms with van der Waals surface area (Å²) in [4.78, 5) is 0. The van der Waals surface area contributed by atoms with Gasteiger partial charge in [0, 0.05) is 16.7 Å². The van der Waals surface area contributed by atoms with E-state index in [0.29, 0.717) is 0 Å². The first kappa shape index (κ1) is 17.4. The molecule has 0 saturated carbocycles. The van der Waals surface area contributed by atoms with Crippen LogP contribution in [0, 0.1) is 19.3 Å². The zero-order valence-electron chi connectivity index (χ0n) is 11.9. The standard InChI is InChI=1S/C17H14Br3NO/c1-3-6-22-17-14(19)8-12(9-15(17)20)10-21-16-5-4-13(18)7-11(16)2/h1,4-5,7-9,21H,6,10H2,2H3. The summed E-state index contributed by atoms with van der Waals surface area (Å²) in [6, 6.07) is 10.2. The van der Waals surface area contributed by atoms with Crippen molar-refractivity contribution in [2.24, 2.45) is 0 Å². The summed E-state index contributed by atoms with van der Waals surface area (Å²) >= 11 is 10.5. The molecule has 114 valence electrons. The highest BCUT2D eigenvalue weighted by molar-refractivity contribution is 9.11. The van der Waals surface area contributed by atoms with Gasteiger partial charge in [-0.2, -0.15) is 0 Å². The Morgan fingerprint density at radius 1 is 1.14 bits per heavy atom. The van der Waals surface area contributed by atoms with Crippen molar-refractivity contribution in [3.05, 3.63) is 54.9 Å². The van der Waals surface area contributed by atoms with Crippen molar-refractivity contribution in [3.8, 4) is 18.1 Å². The highest BCUT2D eigenvalue weighted by atomic mass is 79.9. The van der Waals surface area contributed by atoms with Gasteiger partial charge in [-0.15, -0.1) is 6.42 Å². The van der Waals surface area contributed by atoms with Gasteiger partial charge < -0.3 is 10.1 Å². The van der Waals surface area contributed by atoms with E-state index in [0.717, 1.165) is 37.0 Å². The largest absolute Gasteiger partial charge is 0.479 e. The molecule has 2 rings (SSSR count). The molecule has 0 unspecified atom stereocenters. The number of halogens is 3. The lowest BCUT2D eigenvalue weighted by atomic mass is 10.1.